The highest BCUT2D eigenvalue weighted by Gasteiger charge is 2.49. The van der Waals surface area contributed by atoms with Gasteiger partial charge in [0, 0.05) is 30.6 Å². The summed E-state index contributed by atoms with van der Waals surface area (Å²) in [5, 5.41) is 9.07. The van der Waals surface area contributed by atoms with Gasteiger partial charge in [0.25, 0.3) is 5.91 Å². The van der Waals surface area contributed by atoms with Gasteiger partial charge in [-0.2, -0.15) is 0 Å². The SMILES string of the molecule is O=C(O)CCC[C@H]1[C@H]2CCCN3CCC[C@@H](CN1C(=O)c1ccccc1)[C@@H]23. The molecule has 4 rings (SSSR count). The molecule has 3 saturated heterocycles. The molecule has 0 unspecified atom stereocenters. The van der Waals surface area contributed by atoms with E-state index in [9.17, 15) is 9.59 Å². The van der Waals surface area contributed by atoms with Crippen LogP contribution in [0.4, 0.5) is 0 Å². The zero-order valence-electron chi connectivity index (χ0n) is 15.9. The van der Waals surface area contributed by atoms with E-state index in [0.717, 1.165) is 24.9 Å². The Morgan fingerprint density at radius 3 is 2.56 bits per heavy atom. The number of hydrogen-bond acceptors (Lipinski definition) is 3. The maximum atomic E-state index is 13.3. The van der Waals surface area contributed by atoms with Crippen molar-refractivity contribution in [2.24, 2.45) is 11.8 Å². The predicted octanol–water partition coefficient (Wildman–Crippen LogP) is 3.26. The lowest BCUT2D eigenvalue weighted by Crippen LogP contribution is -2.65. The van der Waals surface area contributed by atoms with Crippen LogP contribution in [0, 0.1) is 11.8 Å². The summed E-state index contributed by atoms with van der Waals surface area (Å²) in [6.07, 6.45) is 6.42. The van der Waals surface area contributed by atoms with Crippen LogP contribution in [0.25, 0.3) is 0 Å². The van der Waals surface area contributed by atoms with Gasteiger partial charge in [-0.25, -0.2) is 0 Å². The summed E-state index contributed by atoms with van der Waals surface area (Å²) in [7, 11) is 0. The van der Waals surface area contributed by atoms with Gasteiger partial charge >= 0.3 is 5.97 Å². The molecule has 0 bridgehead atoms. The molecule has 3 heterocycles. The van der Waals surface area contributed by atoms with Gasteiger partial charge in [0.2, 0.25) is 0 Å². The molecule has 0 aliphatic carbocycles. The van der Waals surface area contributed by atoms with Gasteiger partial charge in [0.05, 0.1) is 0 Å². The third kappa shape index (κ3) is 3.75. The molecular weight excluding hydrogens is 340 g/mol. The van der Waals surface area contributed by atoms with Gasteiger partial charge in [0.15, 0.2) is 0 Å². The van der Waals surface area contributed by atoms with Crippen molar-refractivity contribution in [2.45, 2.75) is 57.0 Å². The summed E-state index contributed by atoms with van der Waals surface area (Å²) >= 11 is 0. The summed E-state index contributed by atoms with van der Waals surface area (Å²) < 4.78 is 0. The molecule has 0 saturated carbocycles. The smallest absolute Gasteiger partial charge is 0.303 e. The van der Waals surface area contributed by atoms with Crippen LogP contribution in [0.15, 0.2) is 30.3 Å². The highest BCUT2D eigenvalue weighted by atomic mass is 16.4. The zero-order chi connectivity index (χ0) is 18.8. The minimum atomic E-state index is -0.743. The first-order chi connectivity index (χ1) is 13.1. The van der Waals surface area contributed by atoms with Crippen molar-refractivity contribution < 1.29 is 14.7 Å². The largest absolute Gasteiger partial charge is 0.481 e. The minimum absolute atomic E-state index is 0.122. The number of aliphatic carboxylic acids is 1. The number of hydrogen-bond donors (Lipinski definition) is 1. The van der Waals surface area contributed by atoms with Crippen LogP contribution in [0.2, 0.25) is 0 Å². The summed E-state index contributed by atoms with van der Waals surface area (Å²) in [5.41, 5.74) is 0.752. The third-order valence-electron chi connectivity index (χ3n) is 6.84. The molecule has 0 spiro atoms. The number of benzene rings is 1. The Kier molecular flexibility index (Phi) is 5.48. The Morgan fingerprint density at radius 1 is 1.07 bits per heavy atom. The highest BCUT2D eigenvalue weighted by molar-refractivity contribution is 5.94. The van der Waals surface area contributed by atoms with Crippen LogP contribution in [0.1, 0.15) is 55.3 Å². The van der Waals surface area contributed by atoms with Crippen molar-refractivity contribution in [3.05, 3.63) is 35.9 Å². The number of carbonyl (C=O) groups excluding carboxylic acids is 1. The second-order valence-electron chi connectivity index (χ2n) is 8.41. The maximum Gasteiger partial charge on any atom is 0.303 e. The number of nitrogens with zero attached hydrogens (tertiary/aromatic N) is 2. The van der Waals surface area contributed by atoms with Gasteiger partial charge < -0.3 is 10.0 Å². The molecule has 3 aliphatic rings. The number of amides is 1. The Hall–Kier alpha value is -1.88. The van der Waals surface area contributed by atoms with Gasteiger partial charge in [0.1, 0.15) is 0 Å². The van der Waals surface area contributed by atoms with Crippen molar-refractivity contribution in [2.75, 3.05) is 19.6 Å². The lowest BCUT2D eigenvalue weighted by atomic mass is 9.69. The first kappa shape index (κ1) is 18.5. The molecule has 4 atom stereocenters. The van der Waals surface area contributed by atoms with E-state index in [4.69, 9.17) is 5.11 Å². The van der Waals surface area contributed by atoms with Crippen LogP contribution in [0.3, 0.4) is 0 Å². The quantitative estimate of drug-likeness (QED) is 0.864. The summed E-state index contributed by atoms with van der Waals surface area (Å²) in [6, 6.07) is 10.3. The molecule has 5 nitrogen and oxygen atoms in total. The maximum absolute atomic E-state index is 13.3. The van der Waals surface area contributed by atoms with Gasteiger partial charge in [-0.15, -0.1) is 0 Å². The topological polar surface area (TPSA) is 60.9 Å². The van der Waals surface area contributed by atoms with Crippen molar-refractivity contribution in [3.63, 3.8) is 0 Å². The molecule has 3 aliphatic heterocycles. The molecular formula is C22H30N2O3. The average Bonchev–Trinajstić information content (AvgIpc) is 2.69. The molecule has 1 aromatic rings. The van der Waals surface area contributed by atoms with E-state index < -0.39 is 5.97 Å². The van der Waals surface area contributed by atoms with E-state index >= 15 is 0 Å². The van der Waals surface area contributed by atoms with Crippen LogP contribution in [-0.4, -0.2) is 58.5 Å². The number of carbonyl (C=O) groups is 2. The van der Waals surface area contributed by atoms with Crippen LogP contribution in [0.5, 0.6) is 0 Å². The Morgan fingerprint density at radius 2 is 1.81 bits per heavy atom. The highest BCUT2D eigenvalue weighted by Crippen LogP contribution is 2.43. The zero-order valence-corrected chi connectivity index (χ0v) is 15.9. The van der Waals surface area contributed by atoms with E-state index in [0.29, 0.717) is 24.3 Å². The molecule has 0 aromatic heterocycles. The van der Waals surface area contributed by atoms with Crippen molar-refractivity contribution in [1.29, 1.82) is 0 Å². The molecule has 5 heteroatoms. The summed E-state index contributed by atoms with van der Waals surface area (Å²) in [4.78, 5) is 29.1. The summed E-state index contributed by atoms with van der Waals surface area (Å²) in [5.74, 6) is 0.427. The first-order valence-electron chi connectivity index (χ1n) is 10.5. The second kappa shape index (κ2) is 8.01. The molecule has 0 radical (unpaired) electrons. The van der Waals surface area contributed by atoms with E-state index in [1.54, 1.807) is 0 Å². The molecule has 1 aromatic carbocycles. The Bertz CT molecular complexity index is 675. The average molecular weight is 370 g/mol. The fourth-order valence-corrected chi connectivity index (χ4v) is 5.81. The van der Waals surface area contributed by atoms with Crippen molar-refractivity contribution >= 4 is 11.9 Å². The van der Waals surface area contributed by atoms with Gasteiger partial charge in [-0.1, -0.05) is 18.2 Å². The molecule has 27 heavy (non-hydrogen) atoms. The van der Waals surface area contributed by atoms with Gasteiger partial charge in [-0.05, 0) is 75.6 Å². The normalized spacial score (nSPS) is 30.6. The summed E-state index contributed by atoms with van der Waals surface area (Å²) in [6.45, 7) is 3.20. The fraction of sp³-hybridized carbons (Fsp3) is 0.636. The fourth-order valence-electron chi connectivity index (χ4n) is 5.81. The molecule has 3 fully saturated rings. The Balaban J connectivity index is 1.60. The van der Waals surface area contributed by atoms with E-state index in [1.165, 1.54) is 32.4 Å². The monoisotopic (exact) mass is 370 g/mol. The lowest BCUT2D eigenvalue weighted by Gasteiger charge is -2.57. The Labute approximate surface area is 161 Å². The second-order valence-corrected chi connectivity index (χ2v) is 8.41. The number of carboxylic acid groups (broad SMARTS) is 1. The number of piperidine rings is 3. The molecule has 1 amide bonds. The predicted molar refractivity (Wildman–Crippen MR) is 104 cm³/mol. The van der Waals surface area contributed by atoms with Crippen LogP contribution < -0.4 is 0 Å². The van der Waals surface area contributed by atoms with E-state index in [1.807, 2.05) is 30.3 Å². The molecule has 146 valence electrons. The van der Waals surface area contributed by atoms with E-state index in [-0.39, 0.29) is 18.4 Å². The van der Waals surface area contributed by atoms with E-state index in [2.05, 4.69) is 9.80 Å². The van der Waals surface area contributed by atoms with Crippen molar-refractivity contribution in [1.82, 2.24) is 9.80 Å². The lowest BCUT2D eigenvalue weighted by molar-refractivity contribution is -0.137. The van der Waals surface area contributed by atoms with Crippen molar-refractivity contribution in [3.8, 4) is 0 Å². The van der Waals surface area contributed by atoms with Crippen LogP contribution in [-0.2, 0) is 4.79 Å². The minimum Gasteiger partial charge on any atom is -0.481 e. The van der Waals surface area contributed by atoms with Crippen LogP contribution >= 0.6 is 0 Å². The first-order valence-corrected chi connectivity index (χ1v) is 10.5. The number of likely N-dealkylation sites (tertiary alicyclic amines) is 1. The number of rotatable bonds is 5. The molecule has 1 N–H and O–H groups in total. The number of carboxylic acids is 1. The van der Waals surface area contributed by atoms with Gasteiger partial charge in [-0.3, -0.25) is 14.5 Å². The standard InChI is InChI=1S/C22H30N2O3/c25-20(26)12-4-11-19-18-10-6-14-23-13-5-9-17(21(18)23)15-24(19)22(27)16-7-2-1-3-8-16/h1-3,7-8,17-19,21H,4-6,9-15H2,(H,25,26)/t17-,18+,19-,21-/m0/s1. The third-order valence-corrected chi connectivity index (χ3v) is 6.84.